The van der Waals surface area contributed by atoms with Gasteiger partial charge in [0, 0.05) is 11.6 Å². The number of hydrogen-bond acceptors (Lipinski definition) is 2. The lowest BCUT2D eigenvalue weighted by Gasteiger charge is -2.10. The van der Waals surface area contributed by atoms with Crippen molar-refractivity contribution in [2.75, 3.05) is 5.32 Å². The van der Waals surface area contributed by atoms with Gasteiger partial charge in [-0.25, -0.2) is 0 Å². The van der Waals surface area contributed by atoms with Crippen LogP contribution >= 0.6 is 0 Å². The normalized spacial score (nSPS) is 11.3. The van der Waals surface area contributed by atoms with Gasteiger partial charge in [-0.05, 0) is 23.8 Å². The van der Waals surface area contributed by atoms with Crippen LogP contribution in [-0.2, 0) is 9.59 Å². The zero-order valence-corrected chi connectivity index (χ0v) is 12.7. The van der Waals surface area contributed by atoms with Gasteiger partial charge in [0.1, 0.15) is 0 Å². The molecular weight excluding hydrogens is 274 g/mol. The highest BCUT2D eigenvalue weighted by Crippen LogP contribution is 2.15. The van der Waals surface area contributed by atoms with Gasteiger partial charge in [-0.1, -0.05) is 62.4 Å². The minimum absolute atomic E-state index is 0.169. The van der Waals surface area contributed by atoms with E-state index < -0.39 is 0 Å². The molecule has 0 aliphatic carbocycles. The molecule has 3 nitrogen and oxygen atoms in total. The number of hydrogen-bond donors (Lipinski definition) is 1. The van der Waals surface area contributed by atoms with E-state index in [0.717, 1.165) is 5.56 Å². The third-order valence-electron chi connectivity index (χ3n) is 3.18. The standard InChI is InChI=1S/C19H19NO2/c1-14(2)18(21)17(13-15-9-5-3-6-10-15)19(22)20-16-11-7-4-8-12-16/h3-14H,1-2H3,(H,20,22)/b17-13+. The van der Waals surface area contributed by atoms with Crippen LogP contribution in [0.2, 0.25) is 0 Å². The van der Waals surface area contributed by atoms with Crippen molar-refractivity contribution in [3.63, 3.8) is 0 Å². The average Bonchev–Trinajstić information content (AvgIpc) is 2.53. The highest BCUT2D eigenvalue weighted by molar-refractivity contribution is 6.26. The molecule has 2 aromatic rings. The SMILES string of the molecule is CC(C)C(=O)/C(=C\c1ccccc1)C(=O)Nc1ccccc1. The zero-order valence-electron chi connectivity index (χ0n) is 12.7. The molecule has 2 aromatic carbocycles. The minimum atomic E-state index is -0.381. The highest BCUT2D eigenvalue weighted by atomic mass is 16.2. The van der Waals surface area contributed by atoms with Crippen LogP contribution in [0.1, 0.15) is 19.4 Å². The number of carbonyl (C=O) groups excluding carboxylic acids is 2. The van der Waals surface area contributed by atoms with Gasteiger partial charge in [-0.3, -0.25) is 9.59 Å². The molecule has 0 saturated carbocycles. The van der Waals surface area contributed by atoms with Crippen molar-refractivity contribution in [3.05, 3.63) is 71.8 Å². The summed E-state index contributed by atoms with van der Waals surface area (Å²) < 4.78 is 0. The number of carbonyl (C=O) groups is 2. The van der Waals surface area contributed by atoms with E-state index >= 15 is 0 Å². The Morgan fingerprint density at radius 3 is 2.00 bits per heavy atom. The molecule has 1 amide bonds. The number of benzene rings is 2. The maximum Gasteiger partial charge on any atom is 0.259 e. The van der Waals surface area contributed by atoms with E-state index in [1.165, 1.54) is 0 Å². The fourth-order valence-electron chi connectivity index (χ4n) is 2.00. The molecule has 0 bridgehead atoms. The van der Waals surface area contributed by atoms with Crippen LogP contribution in [-0.4, -0.2) is 11.7 Å². The maximum atomic E-state index is 12.5. The number of nitrogens with one attached hydrogen (secondary N) is 1. The summed E-state index contributed by atoms with van der Waals surface area (Å²) in [7, 11) is 0. The monoisotopic (exact) mass is 293 g/mol. The molecule has 0 unspecified atom stereocenters. The number of para-hydroxylation sites is 1. The van der Waals surface area contributed by atoms with Gasteiger partial charge in [0.2, 0.25) is 0 Å². The van der Waals surface area contributed by atoms with Gasteiger partial charge < -0.3 is 5.32 Å². The van der Waals surface area contributed by atoms with E-state index in [0.29, 0.717) is 5.69 Å². The molecule has 112 valence electrons. The topological polar surface area (TPSA) is 46.2 Å². The molecule has 0 atom stereocenters. The predicted molar refractivity (Wildman–Crippen MR) is 89.3 cm³/mol. The Hall–Kier alpha value is -2.68. The lowest BCUT2D eigenvalue weighted by molar-refractivity contribution is -0.121. The summed E-state index contributed by atoms with van der Waals surface area (Å²) in [5.74, 6) is -0.789. The fraction of sp³-hybridized carbons (Fsp3) is 0.158. The van der Waals surface area contributed by atoms with Crippen LogP contribution in [0.5, 0.6) is 0 Å². The lowest BCUT2D eigenvalue weighted by atomic mass is 9.98. The third-order valence-corrected chi connectivity index (χ3v) is 3.18. The number of anilines is 1. The molecule has 0 saturated heterocycles. The molecule has 0 aliphatic rings. The molecule has 3 heteroatoms. The molecule has 22 heavy (non-hydrogen) atoms. The fourth-order valence-corrected chi connectivity index (χ4v) is 2.00. The van der Waals surface area contributed by atoms with E-state index in [1.54, 1.807) is 32.1 Å². The van der Waals surface area contributed by atoms with Crippen LogP contribution in [0.3, 0.4) is 0 Å². The smallest absolute Gasteiger partial charge is 0.259 e. The second-order valence-electron chi connectivity index (χ2n) is 5.31. The Kier molecular flexibility index (Phi) is 5.26. The Balaban J connectivity index is 2.30. The van der Waals surface area contributed by atoms with E-state index in [2.05, 4.69) is 5.32 Å². The van der Waals surface area contributed by atoms with Crippen molar-refractivity contribution in [2.24, 2.45) is 5.92 Å². The summed E-state index contributed by atoms with van der Waals surface area (Å²) in [6.45, 7) is 3.58. The molecule has 0 fully saturated rings. The Morgan fingerprint density at radius 2 is 1.45 bits per heavy atom. The first-order valence-electron chi connectivity index (χ1n) is 7.25. The van der Waals surface area contributed by atoms with Gasteiger partial charge >= 0.3 is 0 Å². The third kappa shape index (κ3) is 4.16. The van der Waals surface area contributed by atoms with Gasteiger partial charge in [0.05, 0.1) is 5.57 Å². The molecular formula is C19H19NO2. The van der Waals surface area contributed by atoms with E-state index in [4.69, 9.17) is 0 Å². The number of rotatable bonds is 5. The Labute approximate surface area is 130 Å². The maximum absolute atomic E-state index is 12.5. The summed E-state index contributed by atoms with van der Waals surface area (Å²) >= 11 is 0. The minimum Gasteiger partial charge on any atom is -0.322 e. The number of ketones is 1. The summed E-state index contributed by atoms with van der Waals surface area (Å²) in [5, 5.41) is 2.77. The molecule has 0 aromatic heterocycles. The van der Waals surface area contributed by atoms with Crippen LogP contribution in [0, 0.1) is 5.92 Å². The van der Waals surface area contributed by atoms with Gasteiger partial charge in [-0.2, -0.15) is 0 Å². The molecule has 2 rings (SSSR count). The summed E-state index contributed by atoms with van der Waals surface area (Å²) in [5.41, 5.74) is 1.67. The van der Waals surface area contributed by atoms with Crippen molar-refractivity contribution < 1.29 is 9.59 Å². The number of Topliss-reactive ketones (excluding diaryl/α,β-unsaturated/α-hetero) is 1. The predicted octanol–water partition coefficient (Wildman–Crippen LogP) is 3.93. The van der Waals surface area contributed by atoms with Crippen LogP contribution in [0.4, 0.5) is 5.69 Å². The van der Waals surface area contributed by atoms with Crippen molar-refractivity contribution >= 4 is 23.5 Å². The van der Waals surface area contributed by atoms with Crippen LogP contribution < -0.4 is 5.32 Å². The first kappa shape index (κ1) is 15.7. The lowest BCUT2D eigenvalue weighted by Crippen LogP contribution is -2.23. The summed E-state index contributed by atoms with van der Waals surface area (Å²) in [6, 6.07) is 18.5. The van der Waals surface area contributed by atoms with Gasteiger partial charge in [0.15, 0.2) is 5.78 Å². The zero-order chi connectivity index (χ0) is 15.9. The average molecular weight is 293 g/mol. The Morgan fingerprint density at radius 1 is 0.909 bits per heavy atom. The number of amides is 1. The van der Waals surface area contributed by atoms with E-state index in [1.807, 2.05) is 48.5 Å². The largest absolute Gasteiger partial charge is 0.322 e. The van der Waals surface area contributed by atoms with Crippen molar-refractivity contribution in [3.8, 4) is 0 Å². The van der Waals surface area contributed by atoms with Gasteiger partial charge in [0.25, 0.3) is 5.91 Å². The molecule has 1 N–H and O–H groups in total. The van der Waals surface area contributed by atoms with E-state index in [9.17, 15) is 9.59 Å². The molecule has 0 radical (unpaired) electrons. The second kappa shape index (κ2) is 7.36. The van der Waals surface area contributed by atoms with Crippen LogP contribution in [0.15, 0.2) is 66.2 Å². The van der Waals surface area contributed by atoms with Crippen LogP contribution in [0.25, 0.3) is 6.08 Å². The van der Waals surface area contributed by atoms with E-state index in [-0.39, 0.29) is 23.2 Å². The molecule has 0 heterocycles. The van der Waals surface area contributed by atoms with Crippen molar-refractivity contribution in [2.45, 2.75) is 13.8 Å². The molecule has 0 spiro atoms. The van der Waals surface area contributed by atoms with Crippen molar-refractivity contribution in [1.29, 1.82) is 0 Å². The summed E-state index contributed by atoms with van der Waals surface area (Å²) in [6.07, 6.45) is 1.64. The van der Waals surface area contributed by atoms with Crippen molar-refractivity contribution in [1.82, 2.24) is 0 Å². The first-order valence-corrected chi connectivity index (χ1v) is 7.25. The second-order valence-corrected chi connectivity index (χ2v) is 5.31. The first-order chi connectivity index (χ1) is 10.6. The van der Waals surface area contributed by atoms with Gasteiger partial charge in [-0.15, -0.1) is 0 Å². The highest BCUT2D eigenvalue weighted by Gasteiger charge is 2.21. The molecule has 0 aliphatic heterocycles. The quantitative estimate of drug-likeness (QED) is 0.516. The summed E-state index contributed by atoms with van der Waals surface area (Å²) in [4.78, 5) is 24.8. The Bertz CT molecular complexity index is 673.